The Morgan fingerprint density at radius 3 is 3.06 bits per heavy atom. The molecule has 0 saturated carbocycles. The summed E-state index contributed by atoms with van der Waals surface area (Å²) in [7, 11) is 0. The van der Waals surface area contributed by atoms with Gasteiger partial charge in [0.25, 0.3) is 0 Å². The van der Waals surface area contributed by atoms with Crippen molar-refractivity contribution in [2.75, 3.05) is 5.75 Å². The molecule has 17 heavy (non-hydrogen) atoms. The molecule has 0 radical (unpaired) electrons. The monoisotopic (exact) mass is 315 g/mol. The highest BCUT2D eigenvalue weighted by Gasteiger charge is 2.15. The van der Waals surface area contributed by atoms with E-state index in [-0.39, 0.29) is 11.7 Å². The van der Waals surface area contributed by atoms with Crippen LogP contribution in [0.2, 0.25) is 0 Å². The molecule has 0 bridgehead atoms. The number of benzene rings is 1. The van der Waals surface area contributed by atoms with Crippen LogP contribution in [0.3, 0.4) is 0 Å². The lowest BCUT2D eigenvalue weighted by Crippen LogP contribution is -2.19. The highest BCUT2D eigenvalue weighted by molar-refractivity contribution is 9.10. The zero-order valence-electron chi connectivity index (χ0n) is 8.48. The van der Waals surface area contributed by atoms with Crippen molar-refractivity contribution in [3.8, 4) is 0 Å². The number of hydrogen-bond donors (Lipinski definition) is 1. The molecule has 1 heterocycles. The quantitative estimate of drug-likeness (QED) is 0.671. The maximum absolute atomic E-state index is 13.3. The van der Waals surface area contributed by atoms with Gasteiger partial charge in [-0.15, -0.1) is 5.10 Å². The number of carbonyl (C=O) groups excluding carboxylic acids is 1. The molecule has 88 valence electrons. The van der Waals surface area contributed by atoms with Gasteiger partial charge in [-0.25, -0.2) is 4.39 Å². The van der Waals surface area contributed by atoms with Crippen molar-refractivity contribution in [1.29, 1.82) is 0 Å². The number of halogens is 2. The summed E-state index contributed by atoms with van der Waals surface area (Å²) in [4.78, 5) is 10.9. The Bertz CT molecular complexity index is 518. The molecular formula is C10H7BrFN3OS. The third kappa shape index (κ3) is 3.37. The van der Waals surface area contributed by atoms with Crippen LogP contribution in [0.25, 0.3) is 0 Å². The first-order valence-electron chi connectivity index (χ1n) is 4.64. The van der Waals surface area contributed by atoms with E-state index in [2.05, 4.69) is 31.4 Å². The largest absolute Gasteiger partial charge is 0.303 e. The third-order valence-corrected chi connectivity index (χ3v) is 3.25. The van der Waals surface area contributed by atoms with Crippen LogP contribution in [0.4, 0.5) is 4.39 Å². The van der Waals surface area contributed by atoms with E-state index in [4.69, 9.17) is 0 Å². The summed E-state index contributed by atoms with van der Waals surface area (Å²) < 4.78 is 14.1. The van der Waals surface area contributed by atoms with Crippen molar-refractivity contribution in [3.05, 3.63) is 34.1 Å². The number of amides is 1. The van der Waals surface area contributed by atoms with Gasteiger partial charge in [-0.05, 0) is 18.2 Å². The Balaban J connectivity index is 2.10. The standard InChI is InChI=1S/C10H7BrFN3OS/c11-7-1-2-8(12)6(3-7)4-13-15-10-14-9(16)5-17-10/h1-4H,5H2,(H,14,15,16). The van der Waals surface area contributed by atoms with Crippen LogP contribution in [0.5, 0.6) is 0 Å². The van der Waals surface area contributed by atoms with E-state index in [0.29, 0.717) is 16.5 Å². The molecule has 1 fully saturated rings. The van der Waals surface area contributed by atoms with Gasteiger partial charge in [0.15, 0.2) is 5.17 Å². The van der Waals surface area contributed by atoms with E-state index in [0.717, 1.165) is 4.47 Å². The molecule has 0 spiro atoms. The first kappa shape index (κ1) is 12.3. The highest BCUT2D eigenvalue weighted by atomic mass is 79.9. The van der Waals surface area contributed by atoms with Gasteiger partial charge in [-0.1, -0.05) is 27.7 Å². The minimum absolute atomic E-state index is 0.0995. The Kier molecular flexibility index (Phi) is 3.90. The van der Waals surface area contributed by atoms with Crippen molar-refractivity contribution < 1.29 is 9.18 Å². The molecule has 0 aliphatic carbocycles. The van der Waals surface area contributed by atoms with E-state index in [1.807, 2.05) is 0 Å². The normalized spacial score (nSPS) is 18.0. The first-order chi connectivity index (χ1) is 8.15. The van der Waals surface area contributed by atoms with Gasteiger partial charge >= 0.3 is 0 Å². The number of hydrogen-bond acceptors (Lipinski definition) is 4. The number of carbonyl (C=O) groups is 1. The number of thioether (sulfide) groups is 1. The minimum atomic E-state index is -0.375. The predicted molar refractivity (Wildman–Crippen MR) is 69.7 cm³/mol. The van der Waals surface area contributed by atoms with Crippen molar-refractivity contribution in [2.24, 2.45) is 10.2 Å². The van der Waals surface area contributed by atoms with E-state index in [9.17, 15) is 9.18 Å². The average Bonchev–Trinajstić information content (AvgIpc) is 2.69. The Labute approximate surface area is 110 Å². The second-order valence-electron chi connectivity index (χ2n) is 3.15. The van der Waals surface area contributed by atoms with Gasteiger partial charge in [-0.2, -0.15) is 5.10 Å². The van der Waals surface area contributed by atoms with Gasteiger partial charge in [0.2, 0.25) is 5.91 Å². The van der Waals surface area contributed by atoms with Gasteiger partial charge in [0.1, 0.15) is 5.82 Å². The second kappa shape index (κ2) is 5.42. The fourth-order valence-electron chi connectivity index (χ4n) is 1.14. The Morgan fingerprint density at radius 1 is 1.53 bits per heavy atom. The summed E-state index contributed by atoms with van der Waals surface area (Å²) in [6, 6.07) is 4.54. The zero-order valence-corrected chi connectivity index (χ0v) is 10.9. The smallest absolute Gasteiger partial charge is 0.236 e. The molecule has 0 atom stereocenters. The second-order valence-corrected chi connectivity index (χ2v) is 5.03. The van der Waals surface area contributed by atoms with Crippen LogP contribution in [0.15, 0.2) is 32.9 Å². The van der Waals surface area contributed by atoms with Crippen LogP contribution in [0, 0.1) is 5.82 Å². The number of amidine groups is 1. The fraction of sp³-hybridized carbons (Fsp3) is 0.100. The molecule has 1 amide bonds. The number of rotatable bonds is 2. The summed E-state index contributed by atoms with van der Waals surface area (Å²) in [5.41, 5.74) is 0.332. The van der Waals surface area contributed by atoms with Crippen LogP contribution < -0.4 is 5.32 Å². The molecule has 7 heteroatoms. The molecular weight excluding hydrogens is 309 g/mol. The first-order valence-corrected chi connectivity index (χ1v) is 6.42. The van der Waals surface area contributed by atoms with Gasteiger partial charge < -0.3 is 5.32 Å². The molecule has 1 aromatic carbocycles. The van der Waals surface area contributed by atoms with E-state index < -0.39 is 0 Å². The van der Waals surface area contributed by atoms with Crippen LogP contribution in [-0.2, 0) is 4.79 Å². The van der Waals surface area contributed by atoms with Crippen LogP contribution in [0.1, 0.15) is 5.56 Å². The van der Waals surface area contributed by atoms with Crippen molar-refractivity contribution in [1.82, 2.24) is 5.32 Å². The van der Waals surface area contributed by atoms with Crippen LogP contribution in [-0.4, -0.2) is 23.0 Å². The van der Waals surface area contributed by atoms with E-state index in [1.165, 1.54) is 24.0 Å². The molecule has 1 aromatic rings. The Morgan fingerprint density at radius 2 is 2.35 bits per heavy atom. The van der Waals surface area contributed by atoms with E-state index >= 15 is 0 Å². The average molecular weight is 316 g/mol. The summed E-state index contributed by atoms with van der Waals surface area (Å²) in [5.74, 6) is -0.127. The third-order valence-electron chi connectivity index (χ3n) is 1.89. The lowest BCUT2D eigenvalue weighted by molar-refractivity contribution is -0.116. The summed E-state index contributed by atoms with van der Waals surface area (Å²) in [5, 5.41) is 10.5. The van der Waals surface area contributed by atoms with Gasteiger partial charge in [-0.3, -0.25) is 4.79 Å². The summed E-state index contributed by atoms with van der Waals surface area (Å²) in [6.45, 7) is 0. The van der Waals surface area contributed by atoms with Gasteiger partial charge in [0.05, 0.1) is 12.0 Å². The highest BCUT2D eigenvalue weighted by Crippen LogP contribution is 2.14. The van der Waals surface area contributed by atoms with Crippen molar-refractivity contribution in [3.63, 3.8) is 0 Å². The molecule has 4 nitrogen and oxygen atoms in total. The van der Waals surface area contributed by atoms with E-state index in [1.54, 1.807) is 12.1 Å². The molecule has 1 aliphatic heterocycles. The lowest BCUT2D eigenvalue weighted by atomic mass is 10.2. The molecule has 2 rings (SSSR count). The van der Waals surface area contributed by atoms with Gasteiger partial charge in [0, 0.05) is 10.0 Å². The predicted octanol–water partition coefficient (Wildman–Crippen LogP) is 2.14. The number of nitrogens with zero attached hydrogens (tertiary/aromatic N) is 2. The lowest BCUT2D eigenvalue weighted by Gasteiger charge is -1.96. The molecule has 1 N–H and O–H groups in total. The van der Waals surface area contributed by atoms with Crippen LogP contribution >= 0.6 is 27.7 Å². The number of nitrogens with one attached hydrogen (secondary N) is 1. The Hall–Kier alpha value is -1.21. The molecule has 0 unspecified atom stereocenters. The zero-order chi connectivity index (χ0) is 12.3. The minimum Gasteiger partial charge on any atom is -0.303 e. The molecule has 1 aliphatic rings. The maximum Gasteiger partial charge on any atom is 0.236 e. The molecule has 0 aromatic heterocycles. The maximum atomic E-state index is 13.3. The topological polar surface area (TPSA) is 53.8 Å². The van der Waals surface area contributed by atoms with Crippen molar-refractivity contribution >= 4 is 45.0 Å². The SMILES string of the molecule is O=C1CSC(=NN=Cc2cc(Br)ccc2F)N1. The fourth-order valence-corrected chi connectivity index (χ4v) is 2.15. The van der Waals surface area contributed by atoms with Crippen molar-refractivity contribution in [2.45, 2.75) is 0 Å². The summed E-state index contributed by atoms with van der Waals surface area (Å²) >= 11 is 4.50. The summed E-state index contributed by atoms with van der Waals surface area (Å²) in [6.07, 6.45) is 1.30. The molecule has 1 saturated heterocycles.